The third kappa shape index (κ3) is 3.47. The zero-order valence-corrected chi connectivity index (χ0v) is 17.4. The monoisotopic (exact) mass is 432 g/mol. The number of fused-ring (bicyclic) bond motifs is 1. The zero-order chi connectivity index (χ0) is 20.4. The summed E-state index contributed by atoms with van der Waals surface area (Å²) in [7, 11) is -3.79. The fraction of sp³-hybridized carbons (Fsp3) is 0.211. The summed E-state index contributed by atoms with van der Waals surface area (Å²) in [6, 6.07) is 6.84. The highest BCUT2D eigenvalue weighted by molar-refractivity contribution is 7.62. The van der Waals surface area contributed by atoms with E-state index in [9.17, 15) is 9.36 Å². The summed E-state index contributed by atoms with van der Waals surface area (Å²) in [5, 5.41) is 10.1. The minimum atomic E-state index is -3.79. The largest absolute Gasteiger partial charge is 0.464 e. The molecule has 8 nitrogen and oxygen atoms in total. The third-order valence-corrected chi connectivity index (χ3v) is 7.25. The van der Waals surface area contributed by atoms with Gasteiger partial charge in [0.1, 0.15) is 16.8 Å². The summed E-state index contributed by atoms with van der Waals surface area (Å²) in [4.78, 5) is 13.9. The van der Waals surface area contributed by atoms with Gasteiger partial charge < -0.3 is 17.9 Å². The Kier molecular flexibility index (Phi) is 5.47. The van der Waals surface area contributed by atoms with E-state index in [-0.39, 0.29) is 23.9 Å². The van der Waals surface area contributed by atoms with Crippen LogP contribution in [-0.2, 0) is 13.6 Å². The van der Waals surface area contributed by atoms with Gasteiger partial charge in [-0.3, -0.25) is 9.36 Å². The summed E-state index contributed by atoms with van der Waals surface area (Å²) in [6.45, 7) is 3.65. The molecule has 0 unspecified atom stereocenters. The molecule has 0 aromatic carbocycles. The Morgan fingerprint density at radius 3 is 2.28 bits per heavy atom. The second-order valence-electron chi connectivity index (χ2n) is 5.84. The fourth-order valence-corrected chi connectivity index (χ4v) is 5.76. The number of rotatable bonds is 7. The van der Waals surface area contributed by atoms with Crippen molar-refractivity contribution in [3.63, 3.8) is 0 Å². The van der Waals surface area contributed by atoms with Gasteiger partial charge in [0.2, 0.25) is 5.43 Å². The lowest BCUT2D eigenvalue weighted by molar-refractivity contribution is 0.230. The van der Waals surface area contributed by atoms with Crippen LogP contribution in [0.15, 0.2) is 55.8 Å². The van der Waals surface area contributed by atoms with Gasteiger partial charge in [0.25, 0.3) is 0 Å². The summed E-state index contributed by atoms with van der Waals surface area (Å²) < 4.78 is 35.1. The van der Waals surface area contributed by atoms with Crippen LogP contribution in [0.2, 0.25) is 0 Å². The summed E-state index contributed by atoms with van der Waals surface area (Å²) in [5.41, 5.74) is 0.261. The van der Waals surface area contributed by atoms with Gasteiger partial charge in [0.05, 0.1) is 36.7 Å². The smallest absolute Gasteiger partial charge is 0.366 e. The van der Waals surface area contributed by atoms with Gasteiger partial charge in [0, 0.05) is 5.38 Å². The highest BCUT2D eigenvalue weighted by Crippen LogP contribution is 2.47. The topological polar surface area (TPSA) is 105 Å². The van der Waals surface area contributed by atoms with Crippen molar-refractivity contribution in [1.29, 1.82) is 0 Å². The molecule has 10 heteroatoms. The van der Waals surface area contributed by atoms with Crippen molar-refractivity contribution in [3.05, 3.63) is 52.4 Å². The maximum absolute atomic E-state index is 13.5. The first-order valence-electron chi connectivity index (χ1n) is 8.88. The number of aromatic nitrogens is 2. The molecule has 0 radical (unpaired) electrons. The van der Waals surface area contributed by atoms with E-state index in [0.29, 0.717) is 27.6 Å². The Morgan fingerprint density at radius 1 is 1.03 bits per heavy atom. The van der Waals surface area contributed by atoms with Crippen molar-refractivity contribution < 1.29 is 22.4 Å². The molecule has 0 atom stereocenters. The molecule has 0 bridgehead atoms. The lowest BCUT2D eigenvalue weighted by Crippen LogP contribution is -2.27. The quantitative estimate of drug-likeness (QED) is 0.394. The molecule has 0 spiro atoms. The van der Waals surface area contributed by atoms with Gasteiger partial charge in [-0.2, -0.15) is 0 Å². The van der Waals surface area contributed by atoms with Crippen molar-refractivity contribution in [2.75, 3.05) is 13.2 Å². The lowest BCUT2D eigenvalue weighted by Gasteiger charge is -2.17. The lowest BCUT2D eigenvalue weighted by atomic mass is 10.1. The second kappa shape index (κ2) is 8.04. The Bertz CT molecular complexity index is 1220. The number of hydrogen-bond donors (Lipinski definition) is 0. The van der Waals surface area contributed by atoms with Gasteiger partial charge in [-0.15, -0.1) is 21.5 Å². The number of hydrogen-bond acceptors (Lipinski definition) is 9. The minimum absolute atomic E-state index is 0.0371. The average Bonchev–Trinajstić information content (AvgIpc) is 3.42. The van der Waals surface area contributed by atoms with Gasteiger partial charge >= 0.3 is 7.60 Å². The van der Waals surface area contributed by atoms with Crippen LogP contribution in [0.3, 0.4) is 0 Å². The van der Waals surface area contributed by atoms with E-state index in [1.807, 2.05) is 0 Å². The molecule has 0 aliphatic heterocycles. The van der Waals surface area contributed by atoms with E-state index in [0.717, 1.165) is 11.3 Å². The van der Waals surface area contributed by atoms with Crippen LogP contribution >= 0.6 is 18.9 Å². The first kappa shape index (κ1) is 19.7. The van der Waals surface area contributed by atoms with E-state index in [2.05, 4.69) is 10.2 Å². The van der Waals surface area contributed by atoms with Crippen molar-refractivity contribution in [1.82, 2.24) is 10.2 Å². The minimum Gasteiger partial charge on any atom is -0.464 e. The maximum atomic E-state index is 13.5. The van der Waals surface area contributed by atoms with E-state index in [4.69, 9.17) is 17.9 Å². The van der Waals surface area contributed by atoms with Gasteiger partial charge in [-0.1, -0.05) is 0 Å². The molecular formula is C19H17N2O6PS. The molecule has 0 amide bonds. The standard InChI is InChI=1S/C19H17N2O6PS/c1-3-26-28(23,27-4-2)14-11-29-19-16(18(14)22)15(12-7-5-9-24-12)17(20-21-19)13-8-6-10-25-13/h5-11H,3-4H2,1-2H3. The molecule has 0 aliphatic rings. The molecule has 29 heavy (non-hydrogen) atoms. The summed E-state index contributed by atoms with van der Waals surface area (Å²) in [6.07, 6.45) is 3.00. The van der Waals surface area contributed by atoms with Crippen LogP contribution in [0, 0.1) is 0 Å². The van der Waals surface area contributed by atoms with Crippen molar-refractivity contribution in [2.24, 2.45) is 0 Å². The maximum Gasteiger partial charge on any atom is 0.366 e. The Hall–Kier alpha value is -2.58. The highest BCUT2D eigenvalue weighted by Gasteiger charge is 2.32. The molecule has 4 heterocycles. The van der Waals surface area contributed by atoms with Crippen molar-refractivity contribution >= 4 is 34.5 Å². The Morgan fingerprint density at radius 2 is 1.69 bits per heavy atom. The van der Waals surface area contributed by atoms with Crippen molar-refractivity contribution in [3.8, 4) is 22.8 Å². The van der Waals surface area contributed by atoms with E-state index >= 15 is 0 Å². The molecule has 4 rings (SSSR count). The van der Waals surface area contributed by atoms with Gasteiger partial charge in [0.15, 0.2) is 10.6 Å². The van der Waals surface area contributed by atoms with Crippen LogP contribution in [-0.4, -0.2) is 23.4 Å². The van der Waals surface area contributed by atoms with Crippen molar-refractivity contribution in [2.45, 2.75) is 13.8 Å². The van der Waals surface area contributed by atoms with Gasteiger partial charge in [-0.05, 0) is 38.1 Å². The first-order chi connectivity index (χ1) is 14.1. The predicted molar refractivity (Wildman–Crippen MR) is 110 cm³/mol. The van der Waals surface area contributed by atoms with Crippen LogP contribution in [0.1, 0.15) is 13.8 Å². The molecule has 0 N–H and O–H groups in total. The van der Waals surface area contributed by atoms with Crippen LogP contribution in [0.25, 0.3) is 33.0 Å². The molecule has 0 fully saturated rings. The highest BCUT2D eigenvalue weighted by atomic mass is 32.1. The summed E-state index contributed by atoms with van der Waals surface area (Å²) in [5.74, 6) is 0.846. The molecule has 4 aromatic rings. The predicted octanol–water partition coefficient (Wildman–Crippen LogP) is 4.46. The fourth-order valence-electron chi connectivity index (χ4n) is 2.96. The van der Waals surface area contributed by atoms with Crippen LogP contribution in [0.5, 0.6) is 0 Å². The molecule has 4 aromatic heterocycles. The molecule has 0 aliphatic carbocycles. The number of furan rings is 2. The normalized spacial score (nSPS) is 11.9. The number of nitrogens with zero attached hydrogens (tertiary/aromatic N) is 2. The molecule has 150 valence electrons. The Balaban J connectivity index is 2.08. The van der Waals surface area contributed by atoms with E-state index < -0.39 is 13.0 Å². The Labute approximate surface area is 169 Å². The van der Waals surface area contributed by atoms with E-state index in [1.54, 1.807) is 38.1 Å². The SMILES string of the molecule is CCOP(=O)(OCC)c1csc2nnc(-c3ccco3)c(-c3ccco3)c2c1=O. The first-order valence-corrected chi connectivity index (χ1v) is 11.3. The van der Waals surface area contributed by atoms with Crippen LogP contribution in [0.4, 0.5) is 0 Å². The third-order valence-electron chi connectivity index (χ3n) is 4.10. The molecular weight excluding hydrogens is 415 g/mol. The second-order valence-corrected chi connectivity index (χ2v) is 8.69. The molecule has 0 saturated carbocycles. The van der Waals surface area contributed by atoms with E-state index in [1.165, 1.54) is 17.9 Å². The van der Waals surface area contributed by atoms with Crippen LogP contribution < -0.4 is 10.7 Å². The average molecular weight is 432 g/mol. The zero-order valence-electron chi connectivity index (χ0n) is 15.7. The van der Waals surface area contributed by atoms with Gasteiger partial charge in [-0.25, -0.2) is 0 Å². The molecule has 0 saturated heterocycles. The summed E-state index contributed by atoms with van der Waals surface area (Å²) >= 11 is 1.14.